The smallest absolute Gasteiger partial charge is 0.0230 e. The SMILES string of the molecule is C=C[C@H]1CC[C@H](C=C)S1. The van der Waals surface area contributed by atoms with Crippen molar-refractivity contribution in [3.63, 3.8) is 0 Å². The maximum absolute atomic E-state index is 3.76. The Bertz CT molecular complexity index is 104. The Kier molecular flexibility index (Phi) is 2.40. The minimum Gasteiger partial charge on any atom is -0.147 e. The fourth-order valence-electron chi connectivity index (χ4n) is 1.04. The van der Waals surface area contributed by atoms with Crippen LogP contribution in [0.15, 0.2) is 25.3 Å². The molecule has 1 saturated heterocycles. The predicted molar refractivity (Wildman–Crippen MR) is 44.8 cm³/mol. The highest BCUT2D eigenvalue weighted by Gasteiger charge is 2.19. The van der Waals surface area contributed by atoms with Crippen LogP contribution in [-0.2, 0) is 0 Å². The third kappa shape index (κ3) is 1.62. The van der Waals surface area contributed by atoms with Crippen molar-refractivity contribution in [2.75, 3.05) is 0 Å². The molecule has 0 saturated carbocycles. The topological polar surface area (TPSA) is 0 Å². The van der Waals surface area contributed by atoms with E-state index < -0.39 is 0 Å². The van der Waals surface area contributed by atoms with Gasteiger partial charge in [-0.05, 0) is 12.8 Å². The van der Waals surface area contributed by atoms with E-state index >= 15 is 0 Å². The molecule has 1 heterocycles. The highest BCUT2D eigenvalue weighted by molar-refractivity contribution is 8.01. The summed E-state index contributed by atoms with van der Waals surface area (Å²) in [4.78, 5) is 0. The second-order valence-electron chi connectivity index (χ2n) is 2.26. The van der Waals surface area contributed by atoms with Crippen molar-refractivity contribution in [2.45, 2.75) is 23.3 Å². The second-order valence-corrected chi connectivity index (χ2v) is 3.74. The summed E-state index contributed by atoms with van der Waals surface area (Å²) in [6.45, 7) is 7.51. The lowest BCUT2D eigenvalue weighted by Gasteiger charge is -2.00. The molecule has 1 heteroatoms. The first-order valence-corrected chi connectivity index (χ1v) is 4.21. The molecule has 50 valence electrons. The van der Waals surface area contributed by atoms with Gasteiger partial charge in [-0.2, -0.15) is 0 Å². The molecule has 2 atom stereocenters. The summed E-state index contributed by atoms with van der Waals surface area (Å²) in [7, 11) is 0. The summed E-state index contributed by atoms with van der Waals surface area (Å²) < 4.78 is 0. The average Bonchev–Trinajstić information content (AvgIpc) is 2.34. The van der Waals surface area contributed by atoms with Gasteiger partial charge >= 0.3 is 0 Å². The van der Waals surface area contributed by atoms with Crippen LogP contribution in [0.1, 0.15) is 12.8 Å². The molecule has 0 spiro atoms. The first-order valence-electron chi connectivity index (χ1n) is 3.27. The third-order valence-corrected chi connectivity index (χ3v) is 3.17. The van der Waals surface area contributed by atoms with E-state index in [1.54, 1.807) is 0 Å². The van der Waals surface area contributed by atoms with Crippen molar-refractivity contribution < 1.29 is 0 Å². The van der Waals surface area contributed by atoms with E-state index in [2.05, 4.69) is 13.2 Å². The average molecular weight is 140 g/mol. The Labute approximate surface area is 61.0 Å². The van der Waals surface area contributed by atoms with Gasteiger partial charge in [0.25, 0.3) is 0 Å². The van der Waals surface area contributed by atoms with Gasteiger partial charge in [0.1, 0.15) is 0 Å². The fraction of sp³-hybridized carbons (Fsp3) is 0.500. The largest absolute Gasteiger partial charge is 0.147 e. The van der Waals surface area contributed by atoms with Crippen LogP contribution in [0, 0.1) is 0 Å². The Morgan fingerprint density at radius 2 is 1.56 bits per heavy atom. The molecule has 0 aromatic carbocycles. The van der Waals surface area contributed by atoms with Crippen molar-refractivity contribution in [2.24, 2.45) is 0 Å². The van der Waals surface area contributed by atoms with E-state index in [4.69, 9.17) is 0 Å². The Morgan fingerprint density at radius 1 is 1.11 bits per heavy atom. The maximum atomic E-state index is 3.76. The summed E-state index contributed by atoms with van der Waals surface area (Å²) in [5.74, 6) is 0. The van der Waals surface area contributed by atoms with Crippen molar-refractivity contribution in [1.29, 1.82) is 0 Å². The number of rotatable bonds is 2. The van der Waals surface area contributed by atoms with Gasteiger partial charge in [0, 0.05) is 10.5 Å². The Balaban J connectivity index is 2.36. The van der Waals surface area contributed by atoms with Crippen molar-refractivity contribution in [3.05, 3.63) is 25.3 Å². The first-order chi connectivity index (χ1) is 4.36. The number of thioether (sulfide) groups is 1. The van der Waals surface area contributed by atoms with Crippen LogP contribution in [0.3, 0.4) is 0 Å². The molecular formula is C8H12S. The molecule has 1 aliphatic rings. The molecule has 0 nitrogen and oxygen atoms in total. The van der Waals surface area contributed by atoms with Gasteiger partial charge < -0.3 is 0 Å². The van der Waals surface area contributed by atoms with Gasteiger partial charge in [-0.25, -0.2) is 0 Å². The van der Waals surface area contributed by atoms with Crippen molar-refractivity contribution in [3.8, 4) is 0 Å². The lowest BCUT2D eigenvalue weighted by Crippen LogP contribution is -1.88. The lowest BCUT2D eigenvalue weighted by molar-refractivity contribution is 0.835. The highest BCUT2D eigenvalue weighted by Crippen LogP contribution is 2.34. The lowest BCUT2D eigenvalue weighted by atomic mass is 10.2. The van der Waals surface area contributed by atoms with E-state index in [0.29, 0.717) is 10.5 Å². The van der Waals surface area contributed by atoms with Crippen molar-refractivity contribution in [1.82, 2.24) is 0 Å². The predicted octanol–water partition coefficient (Wildman–Crippen LogP) is 2.62. The van der Waals surface area contributed by atoms with Crippen LogP contribution in [-0.4, -0.2) is 10.5 Å². The summed E-state index contributed by atoms with van der Waals surface area (Å²) in [6.07, 6.45) is 6.64. The van der Waals surface area contributed by atoms with Crippen LogP contribution >= 0.6 is 11.8 Å². The molecule has 0 radical (unpaired) electrons. The van der Waals surface area contributed by atoms with Gasteiger partial charge in [-0.3, -0.25) is 0 Å². The second kappa shape index (κ2) is 3.11. The van der Waals surface area contributed by atoms with E-state index in [9.17, 15) is 0 Å². The quantitative estimate of drug-likeness (QED) is 0.531. The molecule has 0 bridgehead atoms. The Hall–Kier alpha value is -0.170. The standard InChI is InChI=1S/C8H12S/c1-3-7-5-6-8(4-2)9-7/h3-4,7-8H,1-2,5-6H2/t7-,8-/m0/s1. The van der Waals surface area contributed by atoms with E-state index in [1.807, 2.05) is 23.9 Å². The van der Waals surface area contributed by atoms with Gasteiger partial charge in [-0.15, -0.1) is 24.9 Å². The fourth-order valence-corrected chi connectivity index (χ4v) is 2.25. The first kappa shape index (κ1) is 6.94. The zero-order valence-corrected chi connectivity index (χ0v) is 6.36. The zero-order valence-electron chi connectivity index (χ0n) is 5.55. The van der Waals surface area contributed by atoms with Crippen molar-refractivity contribution >= 4 is 11.8 Å². The van der Waals surface area contributed by atoms with Gasteiger partial charge in [0.2, 0.25) is 0 Å². The van der Waals surface area contributed by atoms with E-state index in [1.165, 1.54) is 12.8 Å². The monoisotopic (exact) mass is 140 g/mol. The van der Waals surface area contributed by atoms with Crippen LogP contribution < -0.4 is 0 Å². The molecule has 0 amide bonds. The molecule has 1 rings (SSSR count). The third-order valence-electron chi connectivity index (χ3n) is 1.61. The molecule has 1 fully saturated rings. The highest BCUT2D eigenvalue weighted by atomic mass is 32.2. The maximum Gasteiger partial charge on any atom is 0.0230 e. The van der Waals surface area contributed by atoms with Crippen LogP contribution in [0.2, 0.25) is 0 Å². The number of hydrogen-bond acceptors (Lipinski definition) is 1. The molecule has 0 unspecified atom stereocenters. The van der Waals surface area contributed by atoms with Gasteiger partial charge in [0.15, 0.2) is 0 Å². The molecular weight excluding hydrogens is 128 g/mol. The minimum atomic E-state index is 0.688. The van der Waals surface area contributed by atoms with Crippen LogP contribution in [0.25, 0.3) is 0 Å². The summed E-state index contributed by atoms with van der Waals surface area (Å²) in [5.41, 5.74) is 0. The van der Waals surface area contributed by atoms with Crippen LogP contribution in [0.4, 0.5) is 0 Å². The zero-order chi connectivity index (χ0) is 6.69. The Morgan fingerprint density at radius 3 is 1.78 bits per heavy atom. The molecule has 0 aliphatic carbocycles. The van der Waals surface area contributed by atoms with Crippen LogP contribution in [0.5, 0.6) is 0 Å². The minimum absolute atomic E-state index is 0.688. The molecule has 0 N–H and O–H groups in total. The molecule has 9 heavy (non-hydrogen) atoms. The van der Waals surface area contributed by atoms with E-state index in [0.717, 1.165) is 0 Å². The normalized spacial score (nSPS) is 34.2. The van der Waals surface area contributed by atoms with Gasteiger partial charge in [0.05, 0.1) is 0 Å². The number of hydrogen-bond donors (Lipinski definition) is 0. The summed E-state index contributed by atoms with van der Waals surface area (Å²) in [5, 5.41) is 1.38. The molecule has 0 aromatic heterocycles. The van der Waals surface area contributed by atoms with Gasteiger partial charge in [-0.1, -0.05) is 12.2 Å². The summed E-state index contributed by atoms with van der Waals surface area (Å²) >= 11 is 1.97. The van der Waals surface area contributed by atoms with E-state index in [-0.39, 0.29) is 0 Å². The molecule has 1 aliphatic heterocycles. The summed E-state index contributed by atoms with van der Waals surface area (Å²) in [6, 6.07) is 0. The molecule has 0 aromatic rings.